The molecule has 0 spiro atoms. The van der Waals surface area contributed by atoms with Gasteiger partial charge in [-0.15, -0.1) is 0 Å². The largest absolute Gasteiger partial charge is 0.413 e. The Bertz CT molecular complexity index is 678. The van der Waals surface area contributed by atoms with E-state index in [0.29, 0.717) is 11.8 Å². The van der Waals surface area contributed by atoms with Crippen LogP contribution >= 0.6 is 0 Å². The van der Waals surface area contributed by atoms with Crippen LogP contribution in [0, 0.1) is 23.7 Å². The van der Waals surface area contributed by atoms with Gasteiger partial charge in [-0.3, -0.25) is 0 Å². The van der Waals surface area contributed by atoms with Crippen LogP contribution in [0.25, 0.3) is 0 Å². The SMILES string of the molecule is CCC(O)/C=C\C(C)C(O[Si](C)(C)C(C)(C)C)C(C)CC(C)C(O[Si](C)(C)C(C)(C)C)C(C)C(C)OC. The van der Waals surface area contributed by atoms with E-state index in [9.17, 15) is 5.11 Å². The second-order valence-corrected chi connectivity index (χ2v) is 24.4. The van der Waals surface area contributed by atoms with Crippen LogP contribution in [-0.4, -0.2) is 53.3 Å². The van der Waals surface area contributed by atoms with Crippen LogP contribution in [-0.2, 0) is 13.6 Å². The van der Waals surface area contributed by atoms with E-state index in [1.54, 1.807) is 7.11 Å². The zero-order valence-corrected chi connectivity index (χ0v) is 29.9. The Kier molecular flexibility index (Phi) is 14.6. The molecule has 0 saturated carbocycles. The van der Waals surface area contributed by atoms with Crippen molar-refractivity contribution in [3.8, 4) is 0 Å². The van der Waals surface area contributed by atoms with Crippen LogP contribution in [0.15, 0.2) is 12.2 Å². The molecule has 0 aliphatic carbocycles. The summed E-state index contributed by atoms with van der Waals surface area (Å²) < 4.78 is 20.0. The first-order valence-electron chi connectivity index (χ1n) is 14.8. The molecule has 1 N–H and O–H groups in total. The quantitative estimate of drug-likeness (QED) is 0.161. The van der Waals surface area contributed by atoms with Crippen LogP contribution < -0.4 is 0 Å². The smallest absolute Gasteiger partial charge is 0.192 e. The van der Waals surface area contributed by atoms with Crippen molar-refractivity contribution < 1.29 is 18.7 Å². The third kappa shape index (κ3) is 11.2. The maximum atomic E-state index is 10.2. The number of aliphatic hydroxyl groups is 1. The third-order valence-electron chi connectivity index (χ3n) is 9.54. The summed E-state index contributed by atoms with van der Waals surface area (Å²) in [6.07, 6.45) is 5.82. The molecule has 0 amide bonds. The molecule has 0 fully saturated rings. The second kappa shape index (κ2) is 14.6. The van der Waals surface area contributed by atoms with Crippen LogP contribution in [0.3, 0.4) is 0 Å². The van der Waals surface area contributed by atoms with Gasteiger partial charge >= 0.3 is 0 Å². The minimum atomic E-state index is -1.99. The third-order valence-corrected chi connectivity index (χ3v) is 18.5. The fourth-order valence-corrected chi connectivity index (χ4v) is 7.36. The van der Waals surface area contributed by atoms with Gasteiger partial charge in [0.25, 0.3) is 0 Å². The highest BCUT2D eigenvalue weighted by molar-refractivity contribution is 6.74. The predicted octanol–water partition coefficient (Wildman–Crippen LogP) is 9.06. The molecule has 0 aliphatic rings. The van der Waals surface area contributed by atoms with Gasteiger partial charge < -0.3 is 18.7 Å². The lowest BCUT2D eigenvalue weighted by molar-refractivity contribution is -0.0218. The van der Waals surface area contributed by atoms with Gasteiger partial charge in [-0.2, -0.15) is 0 Å². The highest BCUT2D eigenvalue weighted by Gasteiger charge is 2.44. The summed E-state index contributed by atoms with van der Waals surface area (Å²) in [6.45, 7) is 36.7. The molecule has 0 heterocycles. The lowest BCUT2D eigenvalue weighted by Crippen LogP contribution is -2.50. The lowest BCUT2D eigenvalue weighted by atomic mass is 9.81. The number of hydrogen-bond acceptors (Lipinski definition) is 4. The first-order chi connectivity index (χ1) is 16.5. The Balaban J connectivity index is 6.17. The molecule has 4 nitrogen and oxygen atoms in total. The first-order valence-corrected chi connectivity index (χ1v) is 20.6. The molecular weight excluding hydrogens is 493 g/mol. The molecule has 8 atom stereocenters. The highest BCUT2D eigenvalue weighted by Crippen LogP contribution is 2.42. The van der Waals surface area contributed by atoms with Crippen LogP contribution in [0.2, 0.25) is 36.3 Å². The maximum absolute atomic E-state index is 10.2. The summed E-state index contributed by atoms with van der Waals surface area (Å²) in [5, 5.41) is 10.5. The van der Waals surface area contributed by atoms with Crippen molar-refractivity contribution in [1.82, 2.24) is 0 Å². The molecule has 37 heavy (non-hydrogen) atoms. The van der Waals surface area contributed by atoms with Gasteiger partial charge in [-0.05, 0) is 73.8 Å². The Morgan fingerprint density at radius 1 is 0.730 bits per heavy atom. The minimum Gasteiger partial charge on any atom is -0.413 e. The molecule has 0 radical (unpaired) electrons. The van der Waals surface area contributed by atoms with E-state index in [-0.39, 0.29) is 40.2 Å². The van der Waals surface area contributed by atoms with E-state index in [1.165, 1.54) is 0 Å². The van der Waals surface area contributed by atoms with Crippen LogP contribution in [0.1, 0.15) is 95.9 Å². The summed E-state index contributed by atoms with van der Waals surface area (Å²) >= 11 is 0. The van der Waals surface area contributed by atoms with E-state index in [2.05, 4.69) is 108 Å². The minimum absolute atomic E-state index is 0.0901. The van der Waals surface area contributed by atoms with Crippen molar-refractivity contribution in [3.05, 3.63) is 12.2 Å². The van der Waals surface area contributed by atoms with E-state index < -0.39 is 22.7 Å². The average Bonchev–Trinajstić information content (AvgIpc) is 2.76. The fraction of sp³-hybridized carbons (Fsp3) is 0.935. The number of ether oxygens (including phenoxy) is 1. The topological polar surface area (TPSA) is 47.9 Å². The van der Waals surface area contributed by atoms with Gasteiger partial charge in [-0.25, -0.2) is 0 Å². The number of rotatable bonds is 15. The molecule has 0 rings (SSSR count). The summed E-state index contributed by atoms with van der Waals surface area (Å²) in [6, 6.07) is 0. The molecule has 6 heteroatoms. The summed E-state index contributed by atoms with van der Waals surface area (Å²) in [7, 11) is -2.14. The van der Waals surface area contributed by atoms with Gasteiger partial charge in [0.2, 0.25) is 0 Å². The first kappa shape index (κ1) is 37.0. The van der Waals surface area contributed by atoms with Crippen molar-refractivity contribution in [1.29, 1.82) is 0 Å². The molecule has 0 saturated heterocycles. The standard InChI is InChI=1S/C31H66O4Si2/c1-18-27(32)20-19-22(2)28(34-36(14,15)30(7,8)9)23(3)21-24(4)29(25(5)26(6)33-13)35-37(16,17)31(10,11)12/h19-20,22-29,32H,18,21H2,1-17H3/b20-19-. The molecular formula is C31H66O4Si2. The van der Waals surface area contributed by atoms with E-state index >= 15 is 0 Å². The van der Waals surface area contributed by atoms with Gasteiger partial charge in [0.1, 0.15) is 0 Å². The molecule has 0 aromatic rings. The Morgan fingerprint density at radius 2 is 1.14 bits per heavy atom. The molecule has 0 aromatic carbocycles. The predicted molar refractivity (Wildman–Crippen MR) is 167 cm³/mol. The summed E-state index contributed by atoms with van der Waals surface area (Å²) in [5.74, 6) is 1.21. The molecule has 222 valence electrons. The van der Waals surface area contributed by atoms with E-state index in [0.717, 1.165) is 12.8 Å². The number of aliphatic hydroxyl groups excluding tert-OH is 1. The second-order valence-electron chi connectivity index (χ2n) is 14.9. The normalized spacial score (nSPS) is 20.8. The lowest BCUT2D eigenvalue weighted by Gasteiger charge is -2.45. The number of methoxy groups -OCH3 is 1. The van der Waals surface area contributed by atoms with Gasteiger partial charge in [0, 0.05) is 13.0 Å². The Hall–Kier alpha value is 0.0138. The van der Waals surface area contributed by atoms with E-state index in [4.69, 9.17) is 13.6 Å². The summed E-state index contributed by atoms with van der Waals surface area (Å²) in [5.41, 5.74) is 0. The molecule has 0 aliphatic heterocycles. The fourth-order valence-electron chi connectivity index (χ4n) is 4.40. The summed E-state index contributed by atoms with van der Waals surface area (Å²) in [4.78, 5) is 0. The Labute approximate surface area is 234 Å². The van der Waals surface area contributed by atoms with Crippen molar-refractivity contribution in [2.24, 2.45) is 23.7 Å². The van der Waals surface area contributed by atoms with Crippen LogP contribution in [0.5, 0.6) is 0 Å². The Morgan fingerprint density at radius 3 is 1.51 bits per heavy atom. The van der Waals surface area contributed by atoms with Crippen LogP contribution in [0.4, 0.5) is 0 Å². The van der Waals surface area contributed by atoms with E-state index in [1.807, 2.05) is 13.0 Å². The van der Waals surface area contributed by atoms with Crippen molar-refractivity contribution in [3.63, 3.8) is 0 Å². The average molecular weight is 559 g/mol. The number of hydrogen-bond donors (Lipinski definition) is 1. The van der Waals surface area contributed by atoms with Gasteiger partial charge in [0.05, 0.1) is 24.4 Å². The monoisotopic (exact) mass is 558 g/mol. The van der Waals surface area contributed by atoms with Crippen molar-refractivity contribution >= 4 is 16.6 Å². The van der Waals surface area contributed by atoms with Gasteiger partial charge in [0.15, 0.2) is 16.6 Å². The van der Waals surface area contributed by atoms with Crippen molar-refractivity contribution in [2.45, 2.75) is 157 Å². The molecule has 0 aromatic heterocycles. The molecule has 0 bridgehead atoms. The maximum Gasteiger partial charge on any atom is 0.192 e. The zero-order valence-electron chi connectivity index (χ0n) is 27.9. The van der Waals surface area contributed by atoms with Crippen molar-refractivity contribution in [2.75, 3.05) is 7.11 Å². The molecule has 8 unspecified atom stereocenters. The zero-order chi connectivity index (χ0) is 29.6. The highest BCUT2D eigenvalue weighted by atomic mass is 28.4. The van der Waals surface area contributed by atoms with Gasteiger partial charge in [-0.1, -0.05) is 88.3 Å².